The minimum Gasteiger partial charge on any atom is -0.465 e. The molecular formula is C46H50F4N8O8. The maximum absolute atomic E-state index is 15.0. The number of aromatic nitrogens is 4. The summed E-state index contributed by atoms with van der Waals surface area (Å²) in [6.45, 7) is -0.230. The smallest absolute Gasteiger partial charge is 0.407 e. The quantitative estimate of drug-likeness (QED) is 0.105. The van der Waals surface area contributed by atoms with E-state index < -0.39 is 85.9 Å². The number of likely N-dealkylation sites (tertiary alicyclic amines) is 2. The summed E-state index contributed by atoms with van der Waals surface area (Å²) < 4.78 is 75.5. The van der Waals surface area contributed by atoms with Gasteiger partial charge in [-0.05, 0) is 72.9 Å². The number of alkyl carbamates (subject to hydrolysis) is 1. The molecule has 4 aromatic rings. The second kappa shape index (κ2) is 19.2. The van der Waals surface area contributed by atoms with Crippen molar-refractivity contribution >= 4 is 24.0 Å². The summed E-state index contributed by atoms with van der Waals surface area (Å²) in [5.41, 5.74) is 3.85. The van der Waals surface area contributed by atoms with Crippen LogP contribution in [0.25, 0.3) is 22.5 Å². The SMILES string of the molecule is COC(=O)N[C@H](C(=O)N1CC(F)(F)C[C@H]1c1ncc(-c2ccc(C#Cc3ccc(-c4cnc([C@@H]5CC(F)(F)CN5C(=O)[C@@H](C5CCOCC5)N(C)C(=O)O)[nH]4)cc3)cc2)[nH]1)C1CCOCC1. The Morgan fingerprint density at radius 1 is 0.758 bits per heavy atom. The molecule has 0 radical (unpaired) electrons. The van der Waals surface area contributed by atoms with E-state index in [1.807, 2.05) is 0 Å². The Morgan fingerprint density at radius 3 is 1.64 bits per heavy atom. The number of carbonyl (C=O) groups excluding carboxylic acids is 3. The normalized spacial score (nSPS) is 21.7. The van der Waals surface area contributed by atoms with Crippen LogP contribution in [0.4, 0.5) is 27.2 Å². The average molecular weight is 919 g/mol. The van der Waals surface area contributed by atoms with Crippen molar-refractivity contribution in [3.63, 3.8) is 0 Å². The first kappa shape index (κ1) is 46.1. The maximum Gasteiger partial charge on any atom is 0.407 e. The zero-order chi connectivity index (χ0) is 46.8. The first-order valence-electron chi connectivity index (χ1n) is 21.7. The summed E-state index contributed by atoms with van der Waals surface area (Å²) in [6, 6.07) is 10.00. The van der Waals surface area contributed by atoms with Gasteiger partial charge in [-0.25, -0.2) is 37.1 Å². The number of ether oxygens (including phenoxy) is 3. The number of hydrogen-bond donors (Lipinski definition) is 4. The summed E-state index contributed by atoms with van der Waals surface area (Å²) >= 11 is 0. The molecule has 0 unspecified atom stereocenters. The summed E-state index contributed by atoms with van der Waals surface area (Å²) in [6.07, 6.45) is 1.35. The van der Waals surface area contributed by atoms with Gasteiger partial charge in [0.2, 0.25) is 11.8 Å². The molecule has 4 atom stereocenters. The number of H-pyrrole nitrogens is 2. The largest absolute Gasteiger partial charge is 0.465 e. The highest BCUT2D eigenvalue weighted by atomic mass is 19.3. The molecule has 0 saturated carbocycles. The number of hydrogen-bond acceptors (Lipinski definition) is 9. The Morgan fingerprint density at radius 2 is 1.20 bits per heavy atom. The van der Waals surface area contributed by atoms with Crippen molar-refractivity contribution in [3.8, 4) is 34.4 Å². The van der Waals surface area contributed by atoms with E-state index in [-0.39, 0.29) is 23.5 Å². The number of alkyl halides is 4. The molecule has 6 heterocycles. The topological polar surface area (TPSA) is 195 Å². The first-order valence-corrected chi connectivity index (χ1v) is 21.7. The van der Waals surface area contributed by atoms with Crippen LogP contribution < -0.4 is 5.32 Å². The van der Waals surface area contributed by atoms with Gasteiger partial charge in [0.25, 0.3) is 11.8 Å². The van der Waals surface area contributed by atoms with Gasteiger partial charge in [-0.2, -0.15) is 0 Å². The molecule has 0 spiro atoms. The Balaban J connectivity index is 0.924. The monoisotopic (exact) mass is 918 g/mol. The molecule has 4 aliphatic heterocycles. The molecule has 8 rings (SSSR count). The van der Waals surface area contributed by atoms with Crippen molar-refractivity contribution in [1.29, 1.82) is 0 Å². The zero-order valence-corrected chi connectivity index (χ0v) is 36.3. The summed E-state index contributed by atoms with van der Waals surface area (Å²) in [5.74, 6) is -1.82. The van der Waals surface area contributed by atoms with Crippen molar-refractivity contribution in [2.45, 2.75) is 74.5 Å². The summed E-state index contributed by atoms with van der Waals surface area (Å²) in [5, 5.41) is 12.3. The lowest BCUT2D eigenvalue weighted by molar-refractivity contribution is -0.141. The third kappa shape index (κ3) is 10.2. The Bertz CT molecular complexity index is 2460. The van der Waals surface area contributed by atoms with E-state index in [9.17, 15) is 41.8 Å². The molecule has 4 saturated heterocycles. The van der Waals surface area contributed by atoms with E-state index in [1.165, 1.54) is 26.6 Å². The predicted molar refractivity (Wildman–Crippen MR) is 228 cm³/mol. The highest BCUT2D eigenvalue weighted by Gasteiger charge is 2.53. The molecule has 0 bridgehead atoms. The van der Waals surface area contributed by atoms with Gasteiger partial charge < -0.3 is 44.4 Å². The van der Waals surface area contributed by atoms with Gasteiger partial charge in [0.15, 0.2) is 0 Å². The fourth-order valence-corrected chi connectivity index (χ4v) is 9.30. The number of rotatable bonds is 10. The third-order valence-electron chi connectivity index (χ3n) is 12.8. The first-order chi connectivity index (χ1) is 31.6. The average Bonchev–Trinajstić information content (AvgIpc) is 4.13. The second-order valence-electron chi connectivity index (χ2n) is 17.2. The van der Waals surface area contributed by atoms with E-state index in [2.05, 4.69) is 37.1 Å². The summed E-state index contributed by atoms with van der Waals surface area (Å²) in [4.78, 5) is 70.1. The second-order valence-corrected chi connectivity index (χ2v) is 17.2. The number of methoxy groups -OCH3 is 1. The van der Waals surface area contributed by atoms with Gasteiger partial charge in [0.1, 0.15) is 23.7 Å². The molecule has 350 valence electrons. The van der Waals surface area contributed by atoms with Crippen LogP contribution in [0.2, 0.25) is 0 Å². The highest BCUT2D eigenvalue weighted by molar-refractivity contribution is 5.87. The number of halogens is 4. The van der Waals surface area contributed by atoms with E-state index in [0.29, 0.717) is 85.8 Å². The number of nitrogens with one attached hydrogen (secondary N) is 3. The van der Waals surface area contributed by atoms with Gasteiger partial charge in [0.05, 0.1) is 56.1 Å². The molecule has 66 heavy (non-hydrogen) atoms. The lowest BCUT2D eigenvalue weighted by Crippen LogP contribution is -2.54. The fraction of sp³-hybridized carbons (Fsp3) is 0.478. The fourth-order valence-electron chi connectivity index (χ4n) is 9.30. The Kier molecular flexibility index (Phi) is 13.4. The molecule has 4 fully saturated rings. The van der Waals surface area contributed by atoms with Crippen LogP contribution >= 0.6 is 0 Å². The lowest BCUT2D eigenvalue weighted by Gasteiger charge is -2.37. The molecule has 20 heteroatoms. The molecule has 2 aromatic carbocycles. The maximum atomic E-state index is 15.0. The van der Waals surface area contributed by atoms with Crippen molar-refractivity contribution in [3.05, 3.63) is 83.7 Å². The molecule has 16 nitrogen and oxygen atoms in total. The molecule has 4 amide bonds. The minimum atomic E-state index is -3.20. The number of nitrogens with zero attached hydrogens (tertiary/aromatic N) is 5. The van der Waals surface area contributed by atoms with E-state index in [0.717, 1.165) is 14.7 Å². The Labute approximate surface area is 377 Å². The number of aromatic amines is 2. The molecule has 4 N–H and O–H groups in total. The number of amides is 4. The zero-order valence-electron chi connectivity index (χ0n) is 36.3. The van der Waals surface area contributed by atoms with Crippen LogP contribution in [0.3, 0.4) is 0 Å². The molecule has 4 aliphatic rings. The van der Waals surface area contributed by atoms with Crippen LogP contribution in [0.1, 0.15) is 73.4 Å². The highest BCUT2D eigenvalue weighted by Crippen LogP contribution is 2.43. The van der Waals surface area contributed by atoms with Crippen LogP contribution in [-0.4, -0.2) is 141 Å². The molecule has 2 aromatic heterocycles. The van der Waals surface area contributed by atoms with Gasteiger partial charge in [0, 0.05) is 57.4 Å². The van der Waals surface area contributed by atoms with Crippen LogP contribution in [-0.2, 0) is 23.8 Å². The molecular weight excluding hydrogens is 869 g/mol. The minimum absolute atomic E-state index is 0.166. The Hall–Kier alpha value is -6.46. The van der Waals surface area contributed by atoms with Gasteiger partial charge >= 0.3 is 12.2 Å². The standard InChI is InChI=1S/C46H50F4N8O8/c1-56(44(62)63)38(32-15-19-66-20-16-32)42(60)58-26-46(49,50)22-36(58)40-52-24-34(54-40)30-11-7-28(8-12-30)4-3-27-5-9-29(10-6-27)33-23-51-39(53-33)35-21-45(47,48)25-57(35)41(59)37(55-43(61)64-2)31-13-17-65-18-14-31/h5-12,23-24,31-32,35-38H,13-22,25-26H2,1-2H3,(H,51,53)(H,52,54)(H,55,61)(H,62,63)/t35-,36-,37-,38+/m0/s1. The van der Waals surface area contributed by atoms with Gasteiger partial charge in [-0.3, -0.25) is 14.5 Å². The number of benzene rings is 2. The molecule has 0 aliphatic carbocycles. The number of carbonyl (C=O) groups is 4. The van der Waals surface area contributed by atoms with Crippen LogP contribution in [0.5, 0.6) is 0 Å². The van der Waals surface area contributed by atoms with Crippen molar-refractivity contribution in [2.24, 2.45) is 11.8 Å². The number of carboxylic acid groups (broad SMARTS) is 1. The third-order valence-corrected chi connectivity index (χ3v) is 12.8. The van der Waals surface area contributed by atoms with Gasteiger partial charge in [-0.15, -0.1) is 0 Å². The van der Waals surface area contributed by atoms with Crippen molar-refractivity contribution < 1.29 is 56.1 Å². The van der Waals surface area contributed by atoms with Crippen molar-refractivity contribution in [1.82, 2.24) is 40.0 Å². The number of imidazole rings is 2. The predicted octanol–water partition coefficient (Wildman–Crippen LogP) is 6.24. The van der Waals surface area contributed by atoms with E-state index in [4.69, 9.17) is 14.2 Å². The van der Waals surface area contributed by atoms with Gasteiger partial charge in [-0.1, -0.05) is 36.1 Å². The van der Waals surface area contributed by atoms with Crippen LogP contribution in [0.15, 0.2) is 60.9 Å². The van der Waals surface area contributed by atoms with Crippen molar-refractivity contribution in [2.75, 3.05) is 53.7 Å². The van der Waals surface area contributed by atoms with E-state index >= 15 is 0 Å². The number of likely N-dealkylation sites (N-methyl/N-ethyl adjacent to an activating group) is 1. The van der Waals surface area contributed by atoms with E-state index in [1.54, 1.807) is 48.5 Å². The summed E-state index contributed by atoms with van der Waals surface area (Å²) in [7, 11) is 2.45. The van der Waals surface area contributed by atoms with Crippen LogP contribution in [0, 0.1) is 23.7 Å². The lowest BCUT2D eigenvalue weighted by atomic mass is 9.89.